The van der Waals surface area contributed by atoms with E-state index >= 15 is 0 Å². The van der Waals surface area contributed by atoms with Crippen LogP contribution in [0.5, 0.6) is 0 Å². The Kier molecular flexibility index (Phi) is 26.1. The van der Waals surface area contributed by atoms with Gasteiger partial charge in [0.25, 0.3) is 8.32 Å². The van der Waals surface area contributed by atoms with Crippen LogP contribution in [0.1, 0.15) is 100 Å². The zero-order valence-electron chi connectivity index (χ0n) is 54.1. The van der Waals surface area contributed by atoms with E-state index in [1.54, 1.807) is 59.2 Å². The molecule has 0 saturated carbocycles. The first-order valence-electron chi connectivity index (χ1n) is 31.3. The van der Waals surface area contributed by atoms with Crippen molar-refractivity contribution in [1.29, 1.82) is 0 Å². The fraction of sp³-hybridized carbons (Fsp3) is 0.618. The van der Waals surface area contributed by atoms with Crippen molar-refractivity contribution >= 4 is 42.5 Å². The summed E-state index contributed by atoms with van der Waals surface area (Å²) in [5.74, 6) is -4.06. The highest BCUT2D eigenvalue weighted by molar-refractivity contribution is 6.99. The van der Waals surface area contributed by atoms with E-state index in [0.29, 0.717) is 38.2 Å². The van der Waals surface area contributed by atoms with Gasteiger partial charge in [-0.05, 0) is 87.1 Å². The number of nitrogens with one attached hydrogen (secondary N) is 1. The average Bonchev–Trinajstić information content (AvgIpc) is 1.34. The van der Waals surface area contributed by atoms with Gasteiger partial charge in [0, 0.05) is 51.9 Å². The second-order valence-electron chi connectivity index (χ2n) is 25.2. The maximum absolute atomic E-state index is 14.4. The van der Waals surface area contributed by atoms with Gasteiger partial charge in [0.15, 0.2) is 30.8 Å². The Balaban J connectivity index is 1.14. The van der Waals surface area contributed by atoms with Gasteiger partial charge >= 0.3 is 18.0 Å². The number of cyclic esters (lactones) is 1. The summed E-state index contributed by atoms with van der Waals surface area (Å²) < 4.78 is 77.9. The topological polar surface area (TPSA) is 215 Å². The van der Waals surface area contributed by atoms with E-state index in [9.17, 15) is 24.3 Å². The lowest BCUT2D eigenvalue weighted by atomic mass is 9.79. The Labute approximate surface area is 522 Å². The molecule has 2 N–H and O–H groups in total. The number of allylic oxidation sites excluding steroid dienone is 3. The first kappa shape index (κ1) is 70.3. The molecule has 3 aromatic carbocycles. The monoisotopic (exact) mass is 1240 g/mol. The van der Waals surface area contributed by atoms with Crippen molar-refractivity contribution in [3.8, 4) is 0 Å². The van der Waals surface area contributed by atoms with Gasteiger partial charge in [0.05, 0.1) is 56.7 Å². The number of likely N-dealkylation sites (N-methyl/N-ethyl adjacent to an activating group) is 1. The van der Waals surface area contributed by atoms with Gasteiger partial charge in [-0.25, -0.2) is 4.79 Å². The maximum atomic E-state index is 14.4. The number of benzene rings is 3. The van der Waals surface area contributed by atoms with E-state index in [0.717, 1.165) is 15.9 Å². The van der Waals surface area contributed by atoms with Crippen LogP contribution in [-0.2, 0) is 77.3 Å². The van der Waals surface area contributed by atoms with E-state index < -0.39 is 142 Å². The molecule has 88 heavy (non-hydrogen) atoms. The van der Waals surface area contributed by atoms with Crippen molar-refractivity contribution in [2.24, 2.45) is 23.7 Å². The number of methoxy groups -OCH3 is 2. The van der Waals surface area contributed by atoms with Gasteiger partial charge in [-0.15, -0.1) is 0 Å². The number of aliphatic hydroxyl groups excluding tert-OH is 1. The number of ether oxygens (including phenoxy) is 11. The van der Waals surface area contributed by atoms with Crippen molar-refractivity contribution in [3.63, 3.8) is 0 Å². The molecule has 3 saturated heterocycles. The zero-order chi connectivity index (χ0) is 63.9. The number of carbonyl (C=O) groups is 4. The number of amides is 1. The molecule has 7 rings (SSSR count). The lowest BCUT2D eigenvalue weighted by Crippen LogP contribution is -2.71. The number of hydrogen-bond acceptors (Lipinski definition) is 18. The molecular formula is C68H98N2O17Si. The highest BCUT2D eigenvalue weighted by Crippen LogP contribution is 2.42. The molecular weight excluding hydrogens is 1140 g/mol. The van der Waals surface area contributed by atoms with Gasteiger partial charge in [0.1, 0.15) is 30.5 Å². The van der Waals surface area contributed by atoms with Crippen molar-refractivity contribution < 1.29 is 80.8 Å². The molecule has 17 atom stereocenters. The van der Waals surface area contributed by atoms with Crippen LogP contribution in [0.15, 0.2) is 115 Å². The third kappa shape index (κ3) is 17.8. The second kappa shape index (κ2) is 32.7. The van der Waals surface area contributed by atoms with E-state index in [-0.39, 0.29) is 30.3 Å². The number of nitrogens with zero attached hydrogens (tertiary/aromatic N) is 1. The molecule has 19 nitrogen and oxygen atoms in total. The van der Waals surface area contributed by atoms with Gasteiger partial charge < -0.3 is 67.0 Å². The van der Waals surface area contributed by atoms with Gasteiger partial charge in [0.2, 0.25) is 0 Å². The van der Waals surface area contributed by atoms with Crippen LogP contribution in [-0.4, -0.2) is 183 Å². The standard InChI is InChI=1S/C68H98N2O17Si/c1-15-55-50(41-80-65-64(77-14)63(76-13)61(46(6)81-65)87-88(68(8,9)10,51-27-21-17-22-28-51)52-29-23-18-24-30-52)37-42(2)31-32-53(72)43(3)38-49(39-57-78-35-36-79-57)59(44(4)54(73)40-56(74)84-55)85-66-62(83-47(7)71)58(70(11)12)60(45(5)82-66)86-67(75)69-34-33-48-25-19-16-20-26-48/h16-32,37,43-46,49-50,54-55,57-66,73H,15,33-36,38-41H2,1-14H3,(H,69,75)/b32-31+,42-37+/t43-,44+,45-,46-,49-,50-,54-,55-,58+,59-,60-,61-,62-,63-,64-,65-,66+/m1/s1. The number of alkyl carbamates (subject to hydrolysis) is 1. The number of esters is 2. The molecule has 486 valence electrons. The molecule has 1 amide bonds. The molecule has 4 aliphatic rings. The van der Waals surface area contributed by atoms with Crippen LogP contribution < -0.4 is 15.7 Å². The molecule has 4 aliphatic heterocycles. The third-order valence-corrected chi connectivity index (χ3v) is 22.6. The maximum Gasteiger partial charge on any atom is 0.407 e. The van der Waals surface area contributed by atoms with Gasteiger partial charge in [-0.3, -0.25) is 19.3 Å². The Bertz CT molecular complexity index is 2690. The third-order valence-electron chi connectivity index (χ3n) is 17.6. The molecule has 0 aromatic heterocycles. The highest BCUT2D eigenvalue weighted by atomic mass is 28.4. The molecule has 0 unspecified atom stereocenters. The fourth-order valence-corrected chi connectivity index (χ4v) is 17.8. The fourth-order valence-electron chi connectivity index (χ4n) is 13.0. The summed E-state index contributed by atoms with van der Waals surface area (Å²) in [7, 11) is 3.67. The van der Waals surface area contributed by atoms with Gasteiger partial charge in [-0.2, -0.15) is 0 Å². The number of ketones is 1. The van der Waals surface area contributed by atoms with Crippen molar-refractivity contribution in [2.75, 3.05) is 54.7 Å². The van der Waals surface area contributed by atoms with E-state index in [4.69, 9.17) is 56.5 Å². The SMILES string of the molecule is CC[C@H]1OC(=O)C[C@@H](O)[C@H](C)[C@@H](O[C@@H]2O[C@H](C)[C@@H](OC(=O)NCCc3ccccc3)[C@H](N(C)C)[C@H]2OC(C)=O)[C@@H](CC2OCCO2)C[C@@H](C)C(=O)/C=C/C(C)=C/[C@@H]1CO[C@@H]1O[C@H](C)[C@@H](O[Si](c2ccccc2)(c2ccccc2)C(C)(C)C)[C@@H](OC)[C@H]1OC. The molecule has 0 radical (unpaired) electrons. The van der Waals surface area contributed by atoms with E-state index in [1.165, 1.54) is 6.92 Å². The summed E-state index contributed by atoms with van der Waals surface area (Å²) in [6, 6.07) is 29.7. The number of aliphatic hydroxyl groups is 1. The quantitative estimate of drug-likeness (QED) is 0.0625. The van der Waals surface area contributed by atoms with Crippen LogP contribution in [0.4, 0.5) is 4.79 Å². The van der Waals surface area contributed by atoms with Gasteiger partial charge in [-0.1, -0.05) is 150 Å². The first-order valence-corrected chi connectivity index (χ1v) is 33.2. The Morgan fingerprint density at radius 2 is 1.35 bits per heavy atom. The largest absolute Gasteiger partial charge is 0.462 e. The van der Waals surface area contributed by atoms with Crippen molar-refractivity contribution in [2.45, 2.75) is 192 Å². The molecule has 3 aromatic rings. The van der Waals surface area contributed by atoms with Crippen LogP contribution in [0.2, 0.25) is 5.04 Å². The lowest BCUT2D eigenvalue weighted by Gasteiger charge is -2.51. The van der Waals surface area contributed by atoms with E-state index in [1.807, 2.05) is 101 Å². The number of rotatable bonds is 20. The van der Waals surface area contributed by atoms with Crippen LogP contribution in [0, 0.1) is 23.7 Å². The summed E-state index contributed by atoms with van der Waals surface area (Å²) in [6.45, 7) is 20.0. The minimum absolute atomic E-state index is 0.000822. The normalized spacial score (nSPS) is 32.6. The summed E-state index contributed by atoms with van der Waals surface area (Å²) in [5.41, 5.74) is 1.76. The van der Waals surface area contributed by atoms with Crippen LogP contribution in [0.25, 0.3) is 0 Å². The molecule has 0 spiro atoms. The summed E-state index contributed by atoms with van der Waals surface area (Å²) in [5, 5.41) is 17.1. The predicted molar refractivity (Wildman–Crippen MR) is 334 cm³/mol. The first-order chi connectivity index (χ1) is 42.0. The lowest BCUT2D eigenvalue weighted by molar-refractivity contribution is -0.307. The smallest absolute Gasteiger partial charge is 0.407 e. The second-order valence-corrected chi connectivity index (χ2v) is 29.5. The van der Waals surface area contributed by atoms with Crippen LogP contribution >= 0.6 is 0 Å². The predicted octanol–water partition coefficient (Wildman–Crippen LogP) is 7.87. The Morgan fingerprint density at radius 1 is 0.761 bits per heavy atom. The zero-order valence-corrected chi connectivity index (χ0v) is 55.1. The average molecular weight is 1240 g/mol. The van der Waals surface area contributed by atoms with E-state index in [2.05, 4.69) is 50.4 Å². The molecule has 20 heteroatoms. The Hall–Kier alpha value is -5.20. The highest BCUT2D eigenvalue weighted by Gasteiger charge is 2.57. The minimum Gasteiger partial charge on any atom is -0.462 e. The number of hydrogen-bond donors (Lipinski definition) is 2. The van der Waals surface area contributed by atoms with Crippen molar-refractivity contribution in [1.82, 2.24) is 10.2 Å². The Morgan fingerprint density at radius 3 is 1.92 bits per heavy atom. The molecule has 0 bridgehead atoms. The van der Waals surface area contributed by atoms with Crippen LogP contribution in [0.3, 0.4) is 0 Å². The molecule has 4 heterocycles. The minimum atomic E-state index is -3.11. The number of carbonyl (C=O) groups excluding carboxylic acids is 4. The summed E-state index contributed by atoms with van der Waals surface area (Å²) in [6.07, 6.45) is -5.99. The molecule has 3 fully saturated rings. The summed E-state index contributed by atoms with van der Waals surface area (Å²) in [4.78, 5) is 57.2. The molecule has 0 aliphatic carbocycles. The van der Waals surface area contributed by atoms with Crippen molar-refractivity contribution in [3.05, 3.63) is 120 Å². The summed E-state index contributed by atoms with van der Waals surface area (Å²) >= 11 is 0.